The minimum Gasteiger partial charge on any atom is -0.744 e. The van der Waals surface area contributed by atoms with Gasteiger partial charge in [-0.15, -0.1) is 5.11 Å². The molecule has 0 amide bonds. The van der Waals surface area contributed by atoms with Crippen LogP contribution in [0.2, 0.25) is 0 Å². The number of rotatable bonds is 4. The fourth-order valence-corrected chi connectivity index (χ4v) is 2.86. The summed E-state index contributed by atoms with van der Waals surface area (Å²) in [5.74, 6) is 0. The van der Waals surface area contributed by atoms with Gasteiger partial charge in [0.15, 0.2) is 0 Å². The van der Waals surface area contributed by atoms with Crippen molar-refractivity contribution in [3.05, 3.63) is 48.0 Å². The van der Waals surface area contributed by atoms with Crippen LogP contribution in [0.5, 0.6) is 0 Å². The van der Waals surface area contributed by atoms with Crippen LogP contribution in [0.3, 0.4) is 0 Å². The van der Waals surface area contributed by atoms with Crippen LogP contribution in [0.4, 0.5) is 11.4 Å². The van der Waals surface area contributed by atoms with Crippen LogP contribution < -0.4 is 0 Å². The van der Waals surface area contributed by atoms with E-state index in [0.717, 1.165) is 12.1 Å². The van der Waals surface area contributed by atoms with Crippen LogP contribution >= 0.6 is 0 Å². The summed E-state index contributed by atoms with van der Waals surface area (Å²) in [6.07, 6.45) is 0. The molecule has 0 aliphatic heterocycles. The molecule has 0 N–H and O–H groups in total. The highest BCUT2D eigenvalue weighted by Gasteiger charge is 2.09. The molecule has 0 aromatic heterocycles. The van der Waals surface area contributed by atoms with Gasteiger partial charge < -0.3 is 9.11 Å². The first-order valence-corrected chi connectivity index (χ1v) is 9.93. The maximum Gasteiger partial charge on any atom is 0.126 e. The predicted molar refractivity (Wildman–Crippen MR) is 89.1 cm³/mol. The summed E-state index contributed by atoms with van der Waals surface area (Å²) in [6.45, 7) is 5.62. The first-order chi connectivity index (χ1) is 11.6. The van der Waals surface area contributed by atoms with E-state index in [2.05, 4.69) is 10.2 Å². The first-order valence-electron chi connectivity index (χ1n) is 7.11. The van der Waals surface area contributed by atoms with Crippen molar-refractivity contribution in [2.45, 2.75) is 30.6 Å². The van der Waals surface area contributed by atoms with Crippen LogP contribution in [0.1, 0.15) is 19.4 Å². The Labute approximate surface area is 146 Å². The number of benzene rings is 2. The van der Waals surface area contributed by atoms with E-state index in [4.69, 9.17) is 0 Å². The second-order valence-electron chi connectivity index (χ2n) is 4.57. The Kier molecular flexibility index (Phi) is 6.94. The molecule has 0 saturated carbocycles. The van der Waals surface area contributed by atoms with Gasteiger partial charge >= 0.3 is 0 Å². The third-order valence-corrected chi connectivity index (χ3v) is 4.50. The molecule has 0 aliphatic carbocycles. The average molecular weight is 384 g/mol. The molecule has 0 unspecified atom stereocenters. The Morgan fingerprint density at radius 3 is 1.84 bits per heavy atom. The summed E-state index contributed by atoms with van der Waals surface area (Å²) < 4.78 is 66.0. The zero-order chi connectivity index (χ0) is 19.3. The van der Waals surface area contributed by atoms with E-state index < -0.39 is 30.0 Å². The summed E-state index contributed by atoms with van der Waals surface area (Å²) >= 11 is 0. The van der Waals surface area contributed by atoms with Gasteiger partial charge in [-0.2, -0.15) is 5.11 Å². The largest absolute Gasteiger partial charge is 0.744 e. The van der Waals surface area contributed by atoms with Crippen molar-refractivity contribution in [2.24, 2.45) is 10.2 Å². The summed E-state index contributed by atoms with van der Waals surface area (Å²) in [7, 11) is -9.27. The molecule has 2 aromatic carbocycles. The lowest BCUT2D eigenvalue weighted by Crippen LogP contribution is -1.99. The maximum atomic E-state index is 11.2. The third-order valence-electron chi connectivity index (χ3n) is 2.78. The first kappa shape index (κ1) is 20.9. The van der Waals surface area contributed by atoms with E-state index in [-0.39, 0.29) is 11.4 Å². The standard InChI is InChI=1S/C13H12N2O6S2.C2H6/c1-9-2-7-12(13(8-9)23(19,20)21)15-14-10-3-5-11(6-4-10)22(16,17)18;1-2/h2-8H,1H3,(H,16,17,18)(H,19,20,21);1-2H3/p-2. The van der Waals surface area contributed by atoms with E-state index in [1.165, 1.54) is 24.3 Å². The summed E-state index contributed by atoms with van der Waals surface area (Å²) in [5, 5.41) is 7.42. The highest BCUT2D eigenvalue weighted by molar-refractivity contribution is 7.86. The Balaban J connectivity index is 0.00000151. The van der Waals surface area contributed by atoms with Crippen LogP contribution in [-0.4, -0.2) is 25.9 Å². The number of hydrogen-bond donors (Lipinski definition) is 0. The van der Waals surface area contributed by atoms with E-state index in [9.17, 15) is 25.9 Å². The Morgan fingerprint density at radius 1 is 0.800 bits per heavy atom. The van der Waals surface area contributed by atoms with Gasteiger partial charge in [0.2, 0.25) is 0 Å². The fourth-order valence-electron chi connectivity index (χ4n) is 1.70. The van der Waals surface area contributed by atoms with Gasteiger partial charge in [-0.05, 0) is 48.9 Å². The molecule has 0 bridgehead atoms. The monoisotopic (exact) mass is 384 g/mol. The molecule has 0 spiro atoms. The lowest BCUT2D eigenvalue weighted by atomic mass is 10.2. The average Bonchev–Trinajstić information content (AvgIpc) is 2.54. The maximum absolute atomic E-state index is 11.2. The molecular weight excluding hydrogens is 368 g/mol. The van der Waals surface area contributed by atoms with E-state index in [1.807, 2.05) is 13.8 Å². The second kappa shape index (κ2) is 8.30. The van der Waals surface area contributed by atoms with Crippen molar-refractivity contribution in [3.8, 4) is 0 Å². The van der Waals surface area contributed by atoms with Crippen molar-refractivity contribution in [1.29, 1.82) is 0 Å². The smallest absolute Gasteiger partial charge is 0.126 e. The second-order valence-corrected chi connectivity index (χ2v) is 7.30. The number of azo groups is 1. The minimum absolute atomic E-state index is 0.133. The van der Waals surface area contributed by atoms with Crippen molar-refractivity contribution < 1.29 is 25.9 Å². The van der Waals surface area contributed by atoms with Crippen molar-refractivity contribution in [3.63, 3.8) is 0 Å². The van der Waals surface area contributed by atoms with Gasteiger partial charge in [0.25, 0.3) is 0 Å². The molecule has 0 atom stereocenters. The predicted octanol–water partition coefficient (Wildman–Crippen LogP) is 3.24. The molecule has 8 nitrogen and oxygen atoms in total. The molecule has 0 fully saturated rings. The molecule has 25 heavy (non-hydrogen) atoms. The molecule has 0 saturated heterocycles. The SMILES string of the molecule is CC.Cc1ccc(N=Nc2ccc(S(=O)(=O)[O-])cc2)c(S(=O)(=O)[O-])c1. The lowest BCUT2D eigenvalue weighted by Gasteiger charge is -2.10. The molecule has 0 heterocycles. The highest BCUT2D eigenvalue weighted by atomic mass is 32.2. The van der Waals surface area contributed by atoms with Gasteiger partial charge in [0, 0.05) is 0 Å². The number of nitrogens with zero attached hydrogens (tertiary/aromatic N) is 2. The van der Waals surface area contributed by atoms with E-state index in [0.29, 0.717) is 5.56 Å². The van der Waals surface area contributed by atoms with Gasteiger partial charge in [-0.25, -0.2) is 16.8 Å². The number of hydrogen-bond acceptors (Lipinski definition) is 8. The van der Waals surface area contributed by atoms with Crippen LogP contribution in [0.15, 0.2) is 62.5 Å². The molecule has 0 radical (unpaired) electrons. The van der Waals surface area contributed by atoms with Gasteiger partial charge in [0.1, 0.15) is 25.9 Å². The minimum atomic E-state index is -4.71. The van der Waals surface area contributed by atoms with Crippen LogP contribution in [0, 0.1) is 6.92 Å². The van der Waals surface area contributed by atoms with Gasteiger partial charge in [0.05, 0.1) is 15.5 Å². The van der Waals surface area contributed by atoms with Crippen molar-refractivity contribution in [1.82, 2.24) is 0 Å². The molecule has 10 heteroatoms. The lowest BCUT2D eigenvalue weighted by molar-refractivity contribution is 0.461. The van der Waals surface area contributed by atoms with Crippen molar-refractivity contribution >= 4 is 31.6 Å². The molecule has 136 valence electrons. The molecule has 2 aromatic rings. The topological polar surface area (TPSA) is 139 Å². The summed E-state index contributed by atoms with van der Waals surface area (Å²) in [4.78, 5) is -0.922. The van der Waals surface area contributed by atoms with E-state index >= 15 is 0 Å². The molecule has 0 aliphatic rings. The van der Waals surface area contributed by atoms with Gasteiger partial charge in [-0.3, -0.25) is 0 Å². The summed E-state index contributed by atoms with van der Waals surface area (Å²) in [6, 6.07) is 8.65. The Bertz CT molecular complexity index is 966. The number of aryl methyl sites for hydroxylation is 1. The highest BCUT2D eigenvalue weighted by Crippen LogP contribution is 2.27. The Hall–Kier alpha value is -2.14. The van der Waals surface area contributed by atoms with Crippen LogP contribution in [0.25, 0.3) is 0 Å². The van der Waals surface area contributed by atoms with E-state index in [1.54, 1.807) is 13.0 Å². The molecule has 2 rings (SSSR count). The normalized spacial score (nSPS) is 11.9. The van der Waals surface area contributed by atoms with Crippen LogP contribution in [-0.2, 0) is 20.2 Å². The zero-order valence-corrected chi connectivity index (χ0v) is 15.3. The third kappa shape index (κ3) is 6.02. The Morgan fingerprint density at radius 2 is 1.36 bits per heavy atom. The van der Waals surface area contributed by atoms with Crippen molar-refractivity contribution in [2.75, 3.05) is 0 Å². The van der Waals surface area contributed by atoms with Gasteiger partial charge in [-0.1, -0.05) is 19.9 Å². The fraction of sp³-hybridized carbons (Fsp3) is 0.200. The zero-order valence-electron chi connectivity index (χ0n) is 13.7. The molecular formula is C15H16N2O6S2-2. The summed E-state index contributed by atoms with van der Waals surface area (Å²) in [5.41, 5.74) is 0.627. The quantitative estimate of drug-likeness (QED) is 0.585.